The Labute approximate surface area is 117 Å². The highest BCUT2D eigenvalue weighted by Crippen LogP contribution is 2.19. The summed E-state index contributed by atoms with van der Waals surface area (Å²) in [6, 6.07) is 5.93. The van der Waals surface area contributed by atoms with Gasteiger partial charge in [0.05, 0.1) is 11.1 Å². The second-order valence-corrected chi connectivity index (χ2v) is 4.45. The van der Waals surface area contributed by atoms with E-state index in [1.807, 2.05) is 0 Å². The van der Waals surface area contributed by atoms with E-state index in [2.05, 4.69) is 15.5 Å². The van der Waals surface area contributed by atoms with Crippen molar-refractivity contribution >= 4 is 34.2 Å². The highest BCUT2D eigenvalue weighted by molar-refractivity contribution is 7.14. The van der Waals surface area contributed by atoms with Crippen LogP contribution in [-0.4, -0.2) is 16.1 Å². The van der Waals surface area contributed by atoms with Gasteiger partial charge in [-0.15, -0.1) is 11.3 Å². The van der Waals surface area contributed by atoms with E-state index >= 15 is 0 Å². The number of hydrogen-bond donors (Lipinski definition) is 2. The van der Waals surface area contributed by atoms with E-state index in [4.69, 9.17) is 11.0 Å². The smallest absolute Gasteiger partial charge is 0.287 e. The molecule has 1 aromatic carbocycles. The lowest BCUT2D eigenvalue weighted by Gasteiger charge is -1.97. The summed E-state index contributed by atoms with van der Waals surface area (Å²) in [5.74, 6) is 0.398. The van der Waals surface area contributed by atoms with Gasteiger partial charge in [-0.3, -0.25) is 15.5 Å². The maximum Gasteiger partial charge on any atom is 0.287 e. The molecule has 0 radical (unpaired) electrons. The summed E-state index contributed by atoms with van der Waals surface area (Å²) in [5, 5.41) is 25.7. The third-order valence-corrected chi connectivity index (χ3v) is 3.00. The van der Waals surface area contributed by atoms with Crippen molar-refractivity contribution in [3.8, 4) is 6.07 Å². The molecule has 1 aromatic heterocycles. The van der Waals surface area contributed by atoms with Gasteiger partial charge in [-0.05, 0) is 17.7 Å². The number of hydrogen-bond acceptors (Lipinski definition) is 8. The fourth-order valence-corrected chi connectivity index (χ4v) is 1.93. The van der Waals surface area contributed by atoms with Crippen molar-refractivity contribution in [2.24, 2.45) is 5.10 Å². The first-order chi connectivity index (χ1) is 9.60. The molecule has 0 atom stereocenters. The van der Waals surface area contributed by atoms with Crippen LogP contribution >= 0.6 is 11.3 Å². The monoisotopic (exact) mass is 288 g/mol. The summed E-state index contributed by atoms with van der Waals surface area (Å²) in [6.45, 7) is 0. The SMILES string of the molecule is N#Cc1cc(C=NNc2nc(N)cs2)ccc1[N+](=O)[O-]. The van der Waals surface area contributed by atoms with Gasteiger partial charge >= 0.3 is 0 Å². The van der Waals surface area contributed by atoms with Crippen LogP contribution in [0.4, 0.5) is 16.6 Å². The van der Waals surface area contributed by atoms with Crippen LogP contribution in [0.2, 0.25) is 0 Å². The minimum Gasteiger partial charge on any atom is -0.383 e. The lowest BCUT2D eigenvalue weighted by Crippen LogP contribution is -1.95. The molecule has 9 heteroatoms. The average Bonchev–Trinajstić information content (AvgIpc) is 2.84. The number of aromatic nitrogens is 1. The molecule has 2 aromatic rings. The number of benzene rings is 1. The molecular formula is C11H8N6O2S. The third-order valence-electron chi connectivity index (χ3n) is 2.23. The van der Waals surface area contributed by atoms with Gasteiger partial charge < -0.3 is 5.73 Å². The molecule has 100 valence electrons. The Kier molecular flexibility index (Phi) is 3.88. The molecule has 20 heavy (non-hydrogen) atoms. The summed E-state index contributed by atoms with van der Waals surface area (Å²) in [5.41, 5.74) is 8.43. The van der Waals surface area contributed by atoms with Crippen LogP contribution in [0.5, 0.6) is 0 Å². The Hall–Kier alpha value is -2.99. The number of nitrogens with one attached hydrogen (secondary N) is 1. The first-order valence-corrected chi connectivity index (χ1v) is 6.16. The zero-order valence-electron chi connectivity index (χ0n) is 9.98. The lowest BCUT2D eigenvalue weighted by molar-refractivity contribution is -0.385. The highest BCUT2D eigenvalue weighted by atomic mass is 32.1. The van der Waals surface area contributed by atoms with Crippen LogP contribution in [0.15, 0.2) is 28.7 Å². The standard InChI is InChI=1S/C11H8N6O2S/c12-4-8-3-7(1-2-9(8)17(18)19)5-14-16-11-15-10(13)6-20-11/h1-3,5-6H,13H2,(H,15,16). The molecule has 0 aliphatic rings. The summed E-state index contributed by atoms with van der Waals surface area (Å²) in [7, 11) is 0. The Balaban J connectivity index is 2.14. The Bertz CT molecular complexity index is 718. The second-order valence-electron chi connectivity index (χ2n) is 3.59. The zero-order chi connectivity index (χ0) is 14.5. The van der Waals surface area contributed by atoms with Gasteiger partial charge in [0.15, 0.2) is 0 Å². The largest absolute Gasteiger partial charge is 0.383 e. The summed E-state index contributed by atoms with van der Waals surface area (Å²) >= 11 is 1.30. The Morgan fingerprint density at radius 2 is 2.40 bits per heavy atom. The topological polar surface area (TPSA) is 130 Å². The van der Waals surface area contributed by atoms with Crippen LogP contribution in [0.1, 0.15) is 11.1 Å². The fourth-order valence-electron chi connectivity index (χ4n) is 1.38. The number of nitro groups is 1. The normalized spacial score (nSPS) is 10.3. The first kappa shape index (κ1) is 13.4. The number of thiazole rings is 1. The number of nitrogen functional groups attached to an aromatic ring is 1. The van der Waals surface area contributed by atoms with Crippen molar-refractivity contribution < 1.29 is 4.92 Å². The fraction of sp³-hybridized carbons (Fsp3) is 0. The molecule has 0 amide bonds. The van der Waals surface area contributed by atoms with Gasteiger partial charge in [-0.2, -0.15) is 10.4 Å². The molecule has 2 rings (SSSR count). The number of nitro benzene ring substituents is 1. The predicted molar refractivity (Wildman–Crippen MR) is 75.6 cm³/mol. The van der Waals surface area contributed by atoms with Crippen LogP contribution in [-0.2, 0) is 0 Å². The number of nitriles is 1. The van der Waals surface area contributed by atoms with E-state index < -0.39 is 4.92 Å². The quantitative estimate of drug-likeness (QED) is 0.502. The molecule has 0 fully saturated rings. The molecule has 0 aliphatic heterocycles. The van der Waals surface area contributed by atoms with E-state index in [1.54, 1.807) is 11.4 Å². The number of hydrazone groups is 1. The van der Waals surface area contributed by atoms with Crippen LogP contribution in [0, 0.1) is 21.4 Å². The van der Waals surface area contributed by atoms with Crippen molar-refractivity contribution in [1.82, 2.24) is 4.98 Å². The third kappa shape index (κ3) is 3.06. The lowest BCUT2D eigenvalue weighted by atomic mass is 10.1. The average molecular weight is 288 g/mol. The predicted octanol–water partition coefficient (Wildman–Crippen LogP) is 1.95. The van der Waals surface area contributed by atoms with Gasteiger partial charge in [-0.25, -0.2) is 4.98 Å². The molecule has 8 nitrogen and oxygen atoms in total. The molecule has 0 aliphatic carbocycles. The van der Waals surface area contributed by atoms with Gasteiger partial charge in [0.2, 0.25) is 5.13 Å². The number of nitrogens with zero attached hydrogens (tertiary/aromatic N) is 4. The molecule has 0 saturated heterocycles. The maximum atomic E-state index is 10.7. The van der Waals surface area contributed by atoms with Crippen molar-refractivity contribution in [1.29, 1.82) is 5.26 Å². The minimum atomic E-state index is -0.601. The second kappa shape index (κ2) is 5.77. The Morgan fingerprint density at radius 1 is 1.60 bits per heavy atom. The van der Waals surface area contributed by atoms with E-state index in [0.717, 1.165) is 0 Å². The van der Waals surface area contributed by atoms with Crippen LogP contribution in [0.3, 0.4) is 0 Å². The van der Waals surface area contributed by atoms with Gasteiger partial charge in [0.25, 0.3) is 5.69 Å². The number of rotatable bonds is 4. The number of nitrogens with two attached hydrogens (primary N) is 1. The van der Waals surface area contributed by atoms with Crippen molar-refractivity contribution in [3.05, 3.63) is 44.8 Å². The molecule has 0 bridgehead atoms. The van der Waals surface area contributed by atoms with E-state index in [1.165, 1.54) is 35.8 Å². The van der Waals surface area contributed by atoms with Crippen molar-refractivity contribution in [2.45, 2.75) is 0 Å². The van der Waals surface area contributed by atoms with Gasteiger partial charge in [0.1, 0.15) is 17.5 Å². The summed E-state index contributed by atoms with van der Waals surface area (Å²) in [4.78, 5) is 14.0. The molecule has 3 N–H and O–H groups in total. The zero-order valence-corrected chi connectivity index (χ0v) is 10.8. The number of anilines is 2. The molecule has 0 spiro atoms. The van der Waals surface area contributed by atoms with E-state index in [9.17, 15) is 10.1 Å². The van der Waals surface area contributed by atoms with Crippen molar-refractivity contribution in [2.75, 3.05) is 11.2 Å². The van der Waals surface area contributed by atoms with Gasteiger partial charge in [0, 0.05) is 11.4 Å². The Morgan fingerprint density at radius 3 is 3.00 bits per heavy atom. The summed E-state index contributed by atoms with van der Waals surface area (Å²) < 4.78 is 0. The summed E-state index contributed by atoms with van der Waals surface area (Å²) in [6.07, 6.45) is 1.43. The maximum absolute atomic E-state index is 10.7. The van der Waals surface area contributed by atoms with E-state index in [0.29, 0.717) is 16.5 Å². The molecule has 0 unspecified atom stereocenters. The highest BCUT2D eigenvalue weighted by Gasteiger charge is 2.12. The first-order valence-electron chi connectivity index (χ1n) is 5.29. The van der Waals surface area contributed by atoms with Crippen LogP contribution in [0.25, 0.3) is 0 Å². The molecule has 0 saturated carbocycles. The molecular weight excluding hydrogens is 280 g/mol. The minimum absolute atomic E-state index is 0.0163. The van der Waals surface area contributed by atoms with Crippen molar-refractivity contribution in [3.63, 3.8) is 0 Å². The van der Waals surface area contributed by atoms with E-state index in [-0.39, 0.29) is 11.3 Å². The van der Waals surface area contributed by atoms with Gasteiger partial charge in [-0.1, -0.05) is 0 Å². The van der Waals surface area contributed by atoms with Crippen LogP contribution < -0.4 is 11.2 Å². The molecule has 1 heterocycles.